The Morgan fingerprint density at radius 2 is 2.00 bits per heavy atom. The van der Waals surface area contributed by atoms with Crippen molar-refractivity contribution in [1.29, 1.82) is 0 Å². The van der Waals surface area contributed by atoms with Crippen LogP contribution in [-0.4, -0.2) is 51.8 Å². The van der Waals surface area contributed by atoms with Crippen molar-refractivity contribution < 1.29 is 4.79 Å². The molecule has 0 radical (unpaired) electrons. The molecule has 3 unspecified atom stereocenters. The third-order valence-corrected chi connectivity index (χ3v) is 7.07. The Hall–Kier alpha value is -2.63. The summed E-state index contributed by atoms with van der Waals surface area (Å²) in [6.45, 7) is 7.38. The molecule has 2 saturated heterocycles. The van der Waals surface area contributed by atoms with E-state index in [1.54, 1.807) is 0 Å². The van der Waals surface area contributed by atoms with Gasteiger partial charge in [0.2, 0.25) is 5.91 Å². The molecule has 3 atom stereocenters. The fourth-order valence-corrected chi connectivity index (χ4v) is 5.50. The molecule has 2 aliphatic heterocycles. The lowest BCUT2D eigenvalue weighted by atomic mass is 9.93. The highest BCUT2D eigenvalue weighted by Crippen LogP contribution is 2.41. The Labute approximate surface area is 172 Å². The van der Waals surface area contributed by atoms with E-state index in [1.807, 2.05) is 29.0 Å². The van der Waals surface area contributed by atoms with Gasteiger partial charge in [0.15, 0.2) is 0 Å². The lowest BCUT2D eigenvalue weighted by Crippen LogP contribution is -2.26. The van der Waals surface area contributed by atoms with Crippen LogP contribution >= 0.6 is 0 Å². The van der Waals surface area contributed by atoms with Crippen LogP contribution in [0.3, 0.4) is 0 Å². The second-order valence-corrected chi connectivity index (χ2v) is 8.83. The van der Waals surface area contributed by atoms with Crippen molar-refractivity contribution >= 4 is 11.7 Å². The van der Waals surface area contributed by atoms with Gasteiger partial charge in [0.05, 0.1) is 5.69 Å². The standard InChI is InChI=1S/C23H29N5O/c1-3-23(29)27-10-7-18(15-27)20-12-24-22(11-19(20)21-8-9-26(2)25-21)28-13-16-5-4-6-17(16)14-28/h3,8-9,11-12,16-18H,1,4-7,10,13-15H2,2H3. The highest BCUT2D eigenvalue weighted by molar-refractivity contribution is 5.87. The molecular weight excluding hydrogens is 362 g/mol. The maximum absolute atomic E-state index is 12.0. The molecule has 1 aliphatic carbocycles. The first-order valence-corrected chi connectivity index (χ1v) is 10.8. The third kappa shape index (κ3) is 3.34. The fraction of sp³-hybridized carbons (Fsp3) is 0.522. The topological polar surface area (TPSA) is 54.3 Å². The molecule has 3 fully saturated rings. The van der Waals surface area contributed by atoms with E-state index in [-0.39, 0.29) is 11.8 Å². The molecule has 6 nitrogen and oxygen atoms in total. The minimum Gasteiger partial charge on any atom is -0.356 e. The van der Waals surface area contributed by atoms with Gasteiger partial charge in [0.25, 0.3) is 0 Å². The first kappa shape index (κ1) is 18.4. The largest absolute Gasteiger partial charge is 0.356 e. The van der Waals surface area contributed by atoms with Crippen molar-refractivity contribution in [3.63, 3.8) is 0 Å². The van der Waals surface area contributed by atoms with Gasteiger partial charge in [0.1, 0.15) is 5.82 Å². The summed E-state index contributed by atoms with van der Waals surface area (Å²) in [5.41, 5.74) is 3.34. The number of fused-ring (bicyclic) bond motifs is 1. The first-order chi connectivity index (χ1) is 14.1. The van der Waals surface area contributed by atoms with E-state index in [0.29, 0.717) is 0 Å². The highest BCUT2D eigenvalue weighted by atomic mass is 16.2. The molecule has 6 heteroatoms. The van der Waals surface area contributed by atoms with Gasteiger partial charge in [-0.15, -0.1) is 0 Å². The smallest absolute Gasteiger partial charge is 0.245 e. The fourth-order valence-electron chi connectivity index (χ4n) is 5.50. The number of likely N-dealkylation sites (tertiary alicyclic amines) is 1. The zero-order chi connectivity index (χ0) is 20.0. The minimum absolute atomic E-state index is 0.0140. The molecular formula is C23H29N5O. The molecule has 1 saturated carbocycles. The number of hydrogen-bond donors (Lipinski definition) is 0. The highest BCUT2D eigenvalue weighted by Gasteiger charge is 2.37. The number of amides is 1. The van der Waals surface area contributed by atoms with Crippen LogP contribution in [0.2, 0.25) is 0 Å². The maximum atomic E-state index is 12.0. The molecule has 0 spiro atoms. The summed E-state index contributed by atoms with van der Waals surface area (Å²) < 4.78 is 1.85. The van der Waals surface area contributed by atoms with E-state index >= 15 is 0 Å². The lowest BCUT2D eigenvalue weighted by Gasteiger charge is -2.22. The van der Waals surface area contributed by atoms with Crippen LogP contribution in [0.5, 0.6) is 0 Å². The molecule has 1 amide bonds. The number of pyridine rings is 1. The van der Waals surface area contributed by atoms with Crippen LogP contribution < -0.4 is 4.90 Å². The molecule has 2 aromatic heterocycles. The summed E-state index contributed by atoms with van der Waals surface area (Å²) in [7, 11) is 1.95. The summed E-state index contributed by atoms with van der Waals surface area (Å²) in [6, 6.07) is 4.31. The molecule has 3 aliphatic rings. The van der Waals surface area contributed by atoms with E-state index in [0.717, 1.165) is 61.5 Å². The van der Waals surface area contributed by atoms with E-state index in [9.17, 15) is 4.79 Å². The van der Waals surface area contributed by atoms with Crippen molar-refractivity contribution in [2.75, 3.05) is 31.1 Å². The van der Waals surface area contributed by atoms with Crippen LogP contribution in [0, 0.1) is 11.8 Å². The molecule has 0 N–H and O–H groups in total. The predicted molar refractivity (Wildman–Crippen MR) is 114 cm³/mol. The van der Waals surface area contributed by atoms with Crippen molar-refractivity contribution in [2.24, 2.45) is 18.9 Å². The average Bonchev–Trinajstić information content (AvgIpc) is 3.50. The number of carbonyl (C=O) groups excluding carboxylic acids is 1. The first-order valence-electron chi connectivity index (χ1n) is 10.8. The Kier molecular flexibility index (Phi) is 4.64. The number of aromatic nitrogens is 3. The third-order valence-electron chi connectivity index (χ3n) is 7.07. The van der Waals surface area contributed by atoms with Gasteiger partial charge < -0.3 is 9.80 Å². The van der Waals surface area contributed by atoms with Crippen molar-refractivity contribution in [1.82, 2.24) is 19.7 Å². The summed E-state index contributed by atoms with van der Waals surface area (Å²) >= 11 is 0. The number of aryl methyl sites for hydroxylation is 1. The molecule has 0 bridgehead atoms. The van der Waals surface area contributed by atoms with E-state index in [1.165, 1.54) is 30.9 Å². The molecule has 0 aromatic carbocycles. The number of anilines is 1. The average molecular weight is 392 g/mol. The number of carbonyl (C=O) groups is 1. The normalized spacial score (nSPS) is 26.2. The monoisotopic (exact) mass is 391 g/mol. The van der Waals surface area contributed by atoms with Crippen LogP contribution in [0.4, 0.5) is 5.82 Å². The van der Waals surface area contributed by atoms with Gasteiger partial charge in [-0.25, -0.2) is 4.98 Å². The molecule has 152 valence electrons. The minimum atomic E-state index is 0.0140. The molecule has 29 heavy (non-hydrogen) atoms. The zero-order valence-electron chi connectivity index (χ0n) is 17.1. The molecule has 2 aromatic rings. The van der Waals surface area contributed by atoms with Gasteiger partial charge in [-0.1, -0.05) is 13.0 Å². The maximum Gasteiger partial charge on any atom is 0.245 e. The van der Waals surface area contributed by atoms with Gasteiger partial charge >= 0.3 is 0 Å². The van der Waals surface area contributed by atoms with Crippen molar-refractivity contribution in [3.05, 3.63) is 42.7 Å². The SMILES string of the molecule is C=CC(=O)N1CCC(c2cnc(N3CC4CCCC4C3)cc2-c2ccn(C)n2)C1. The van der Waals surface area contributed by atoms with E-state index in [4.69, 9.17) is 4.98 Å². The van der Waals surface area contributed by atoms with E-state index < -0.39 is 0 Å². The van der Waals surface area contributed by atoms with Crippen LogP contribution in [0.1, 0.15) is 37.2 Å². The zero-order valence-corrected chi connectivity index (χ0v) is 17.1. The Morgan fingerprint density at radius 1 is 1.21 bits per heavy atom. The van der Waals surface area contributed by atoms with Crippen molar-refractivity contribution in [2.45, 2.75) is 31.6 Å². The lowest BCUT2D eigenvalue weighted by molar-refractivity contribution is -0.125. The molecule has 4 heterocycles. The van der Waals surface area contributed by atoms with Crippen LogP contribution in [-0.2, 0) is 11.8 Å². The number of hydrogen-bond acceptors (Lipinski definition) is 4. The number of nitrogens with zero attached hydrogens (tertiary/aromatic N) is 5. The van der Waals surface area contributed by atoms with Gasteiger partial charge in [-0.2, -0.15) is 5.10 Å². The molecule has 5 rings (SSSR count). The Morgan fingerprint density at radius 3 is 2.69 bits per heavy atom. The summed E-state index contributed by atoms with van der Waals surface area (Å²) in [4.78, 5) is 21.3. The van der Waals surface area contributed by atoms with Crippen molar-refractivity contribution in [3.8, 4) is 11.3 Å². The Balaban J connectivity index is 1.47. The van der Waals surface area contributed by atoms with Gasteiger partial charge in [-0.05, 0) is 54.9 Å². The summed E-state index contributed by atoms with van der Waals surface area (Å²) in [5, 5.41) is 4.68. The van der Waals surface area contributed by atoms with Crippen LogP contribution in [0.15, 0.2) is 37.2 Å². The number of rotatable bonds is 4. The van der Waals surface area contributed by atoms with Gasteiger partial charge in [0, 0.05) is 57.1 Å². The van der Waals surface area contributed by atoms with Crippen LogP contribution in [0.25, 0.3) is 11.3 Å². The van der Waals surface area contributed by atoms with E-state index in [2.05, 4.69) is 28.7 Å². The predicted octanol–water partition coefficient (Wildman–Crippen LogP) is 3.22. The Bertz CT molecular complexity index is 923. The summed E-state index contributed by atoms with van der Waals surface area (Å²) in [6.07, 6.45) is 10.5. The quantitative estimate of drug-likeness (QED) is 0.751. The second-order valence-electron chi connectivity index (χ2n) is 8.83. The van der Waals surface area contributed by atoms with Gasteiger partial charge in [-0.3, -0.25) is 9.48 Å². The second kappa shape index (κ2) is 7.32. The summed E-state index contributed by atoms with van der Waals surface area (Å²) in [5.74, 6) is 3.04.